The van der Waals surface area contributed by atoms with Crippen LogP contribution in [-0.4, -0.2) is 31.3 Å². The predicted octanol–water partition coefficient (Wildman–Crippen LogP) is 5.42. The minimum atomic E-state index is -0.448. The van der Waals surface area contributed by atoms with Crippen molar-refractivity contribution in [3.8, 4) is 17.2 Å². The molecule has 0 radical (unpaired) electrons. The third kappa shape index (κ3) is 4.87. The Morgan fingerprint density at radius 1 is 1.06 bits per heavy atom. The second-order valence-electron chi connectivity index (χ2n) is 8.17. The first-order valence-electron chi connectivity index (χ1n) is 11.0. The number of ether oxygens (including phenoxy) is 3. The summed E-state index contributed by atoms with van der Waals surface area (Å²) in [5.41, 5.74) is 2.60. The van der Waals surface area contributed by atoms with Crippen LogP contribution in [0.5, 0.6) is 17.2 Å². The molecule has 0 amide bonds. The van der Waals surface area contributed by atoms with E-state index >= 15 is 0 Å². The van der Waals surface area contributed by atoms with Gasteiger partial charge in [0.2, 0.25) is 11.2 Å². The normalized spacial score (nSPS) is 13.2. The quantitative estimate of drug-likeness (QED) is 0.333. The molecule has 1 aliphatic rings. The molecule has 0 saturated carbocycles. The van der Waals surface area contributed by atoms with Crippen LogP contribution < -0.4 is 14.9 Å². The summed E-state index contributed by atoms with van der Waals surface area (Å²) in [6.07, 6.45) is 2.16. The van der Waals surface area contributed by atoms with Gasteiger partial charge in [0.15, 0.2) is 0 Å². The Labute approximate surface area is 206 Å². The van der Waals surface area contributed by atoms with Crippen LogP contribution in [0.3, 0.4) is 0 Å². The lowest BCUT2D eigenvalue weighted by Gasteiger charge is -2.29. The van der Waals surface area contributed by atoms with Crippen LogP contribution in [0.15, 0.2) is 76.1 Å². The van der Waals surface area contributed by atoms with Crippen molar-refractivity contribution in [2.45, 2.75) is 13.0 Å². The second kappa shape index (κ2) is 9.82. The summed E-state index contributed by atoms with van der Waals surface area (Å²) in [5, 5.41) is 1.13. The molecule has 7 nitrogen and oxygen atoms in total. The molecule has 0 N–H and O–H groups in total. The van der Waals surface area contributed by atoms with Crippen molar-refractivity contribution >= 4 is 28.5 Å². The summed E-state index contributed by atoms with van der Waals surface area (Å²) in [6, 6.07) is 17.6. The lowest BCUT2D eigenvalue weighted by molar-refractivity contribution is 0.0600. The maximum atomic E-state index is 13.1. The summed E-state index contributed by atoms with van der Waals surface area (Å²) >= 11 is 5.97. The van der Waals surface area contributed by atoms with Gasteiger partial charge in [-0.1, -0.05) is 23.7 Å². The van der Waals surface area contributed by atoms with Crippen LogP contribution in [0.25, 0.3) is 11.0 Å². The third-order valence-electron chi connectivity index (χ3n) is 5.89. The number of halogens is 1. The summed E-state index contributed by atoms with van der Waals surface area (Å²) in [7, 11) is 1.32. The Morgan fingerprint density at radius 2 is 1.83 bits per heavy atom. The number of rotatable bonds is 6. The van der Waals surface area contributed by atoms with Gasteiger partial charge in [-0.2, -0.15) is 0 Å². The number of benzene rings is 3. The molecule has 0 bridgehead atoms. The highest BCUT2D eigenvalue weighted by molar-refractivity contribution is 6.30. The van der Waals surface area contributed by atoms with Crippen molar-refractivity contribution in [3.63, 3.8) is 0 Å². The van der Waals surface area contributed by atoms with Gasteiger partial charge in [-0.25, -0.2) is 4.79 Å². The Balaban J connectivity index is 1.35. The lowest BCUT2D eigenvalue weighted by Crippen LogP contribution is -2.33. The Morgan fingerprint density at radius 3 is 2.57 bits per heavy atom. The molecule has 0 saturated heterocycles. The molecule has 0 unspecified atom stereocenters. The number of nitrogens with zero attached hydrogens (tertiary/aromatic N) is 1. The molecular weight excluding hydrogens is 470 g/mol. The molecule has 0 spiro atoms. The van der Waals surface area contributed by atoms with E-state index in [1.54, 1.807) is 36.4 Å². The second-order valence-corrected chi connectivity index (χ2v) is 8.60. The highest BCUT2D eigenvalue weighted by atomic mass is 35.5. The molecule has 1 aliphatic heterocycles. The zero-order chi connectivity index (χ0) is 24.4. The van der Waals surface area contributed by atoms with Crippen LogP contribution in [0.4, 0.5) is 0 Å². The molecule has 8 heteroatoms. The summed E-state index contributed by atoms with van der Waals surface area (Å²) in [5.74, 6) is 0.713. The van der Waals surface area contributed by atoms with Crippen molar-refractivity contribution in [1.29, 1.82) is 0 Å². The summed E-state index contributed by atoms with van der Waals surface area (Å²) in [4.78, 5) is 26.9. The van der Waals surface area contributed by atoms with E-state index in [2.05, 4.69) is 4.90 Å². The van der Waals surface area contributed by atoms with Crippen LogP contribution in [0, 0.1) is 0 Å². The van der Waals surface area contributed by atoms with E-state index < -0.39 is 5.97 Å². The standard InChI is InChI=1S/C27H22ClNO6/c1-32-27(31)18-4-8-20(9-5-18)35-24-15-33-26-21(25(24)30)10-11-23-22(26)14-29(16-34-23)13-12-17-2-6-19(28)7-3-17/h2-11,15H,12-14,16H2,1H3. The van der Waals surface area contributed by atoms with Crippen molar-refractivity contribution in [3.05, 3.63) is 98.9 Å². The van der Waals surface area contributed by atoms with E-state index in [4.69, 9.17) is 30.2 Å². The molecule has 178 valence electrons. The van der Waals surface area contributed by atoms with Crippen molar-refractivity contribution < 1.29 is 23.4 Å². The zero-order valence-electron chi connectivity index (χ0n) is 19.0. The van der Waals surface area contributed by atoms with Crippen molar-refractivity contribution in [2.24, 2.45) is 0 Å². The molecule has 0 aliphatic carbocycles. The minimum absolute atomic E-state index is 0.0552. The maximum absolute atomic E-state index is 13.1. The highest BCUT2D eigenvalue weighted by Crippen LogP contribution is 2.33. The molecule has 4 aromatic rings. The van der Waals surface area contributed by atoms with E-state index in [9.17, 15) is 9.59 Å². The fourth-order valence-electron chi connectivity index (χ4n) is 3.99. The Kier molecular flexibility index (Phi) is 6.44. The van der Waals surface area contributed by atoms with Crippen LogP contribution in [-0.2, 0) is 17.7 Å². The molecule has 0 atom stereocenters. The number of esters is 1. The number of hydrogen-bond acceptors (Lipinski definition) is 7. The highest BCUT2D eigenvalue weighted by Gasteiger charge is 2.23. The summed E-state index contributed by atoms with van der Waals surface area (Å²) < 4.78 is 22.2. The van der Waals surface area contributed by atoms with E-state index in [0.717, 1.165) is 18.5 Å². The molecule has 1 aromatic heterocycles. The molecule has 5 rings (SSSR count). The van der Waals surface area contributed by atoms with Gasteiger partial charge < -0.3 is 18.6 Å². The van der Waals surface area contributed by atoms with E-state index in [0.29, 0.717) is 46.3 Å². The number of carbonyl (C=O) groups is 1. The number of carbonyl (C=O) groups excluding carboxylic acids is 1. The van der Waals surface area contributed by atoms with Gasteiger partial charge in [0, 0.05) is 18.1 Å². The Hall–Kier alpha value is -3.81. The minimum Gasteiger partial charge on any atom is -0.478 e. The van der Waals surface area contributed by atoms with Crippen LogP contribution >= 0.6 is 11.6 Å². The van der Waals surface area contributed by atoms with Crippen molar-refractivity contribution in [2.75, 3.05) is 20.4 Å². The molecular formula is C27H22ClNO6. The number of fused-ring (bicyclic) bond motifs is 3. The fraction of sp³-hybridized carbons (Fsp3) is 0.185. The summed E-state index contributed by atoms with van der Waals surface area (Å²) in [6.45, 7) is 1.84. The lowest BCUT2D eigenvalue weighted by atomic mass is 10.1. The first-order valence-corrected chi connectivity index (χ1v) is 11.4. The van der Waals surface area contributed by atoms with Crippen molar-refractivity contribution in [1.82, 2.24) is 4.90 Å². The predicted molar refractivity (Wildman–Crippen MR) is 131 cm³/mol. The number of methoxy groups -OCH3 is 1. The van der Waals surface area contributed by atoms with Gasteiger partial charge in [-0.05, 0) is 60.5 Å². The fourth-order valence-corrected chi connectivity index (χ4v) is 4.12. The first-order chi connectivity index (χ1) is 17.0. The SMILES string of the molecule is COC(=O)c1ccc(Oc2coc3c4c(ccc3c2=O)OCN(CCc2ccc(Cl)cc2)C4)cc1. The molecule has 2 heterocycles. The maximum Gasteiger partial charge on any atom is 0.337 e. The number of hydrogen-bond donors (Lipinski definition) is 0. The average molecular weight is 492 g/mol. The van der Waals surface area contributed by atoms with E-state index in [-0.39, 0.29) is 11.2 Å². The molecule has 35 heavy (non-hydrogen) atoms. The van der Waals surface area contributed by atoms with Gasteiger partial charge in [0.25, 0.3) is 0 Å². The van der Waals surface area contributed by atoms with Gasteiger partial charge in [-0.15, -0.1) is 0 Å². The van der Waals surface area contributed by atoms with Gasteiger partial charge in [0.1, 0.15) is 30.1 Å². The van der Waals surface area contributed by atoms with Gasteiger partial charge in [0.05, 0.1) is 23.6 Å². The molecule has 3 aromatic carbocycles. The van der Waals surface area contributed by atoms with Gasteiger partial charge in [-0.3, -0.25) is 9.69 Å². The van der Waals surface area contributed by atoms with Crippen LogP contribution in [0.1, 0.15) is 21.5 Å². The third-order valence-corrected chi connectivity index (χ3v) is 6.14. The topological polar surface area (TPSA) is 78.2 Å². The monoisotopic (exact) mass is 491 g/mol. The largest absolute Gasteiger partial charge is 0.478 e. The first kappa shape index (κ1) is 23.0. The van der Waals surface area contributed by atoms with E-state index in [1.165, 1.54) is 18.9 Å². The van der Waals surface area contributed by atoms with Gasteiger partial charge >= 0.3 is 5.97 Å². The Bertz CT molecular complexity index is 1430. The average Bonchev–Trinajstić information content (AvgIpc) is 2.89. The van der Waals surface area contributed by atoms with E-state index in [1.807, 2.05) is 24.3 Å². The molecule has 0 fully saturated rings. The smallest absolute Gasteiger partial charge is 0.337 e. The van der Waals surface area contributed by atoms with Crippen LogP contribution in [0.2, 0.25) is 5.02 Å². The zero-order valence-corrected chi connectivity index (χ0v) is 19.7.